The van der Waals surface area contributed by atoms with Crippen LogP contribution in [0.2, 0.25) is 0 Å². The highest BCUT2D eigenvalue weighted by Crippen LogP contribution is 2.35. The summed E-state index contributed by atoms with van der Waals surface area (Å²) in [5, 5.41) is 2.74. The molecule has 0 aromatic heterocycles. The van der Waals surface area contributed by atoms with E-state index in [1.165, 1.54) is 0 Å². The molecular formula is C24H29N2O4+. The van der Waals surface area contributed by atoms with Gasteiger partial charge in [0.15, 0.2) is 12.3 Å². The summed E-state index contributed by atoms with van der Waals surface area (Å²) in [5.74, 6) is 0.564. The summed E-state index contributed by atoms with van der Waals surface area (Å²) in [6.07, 6.45) is -0.491. The second-order valence-electron chi connectivity index (χ2n) is 8.32. The van der Waals surface area contributed by atoms with Crippen LogP contribution in [0.4, 0.5) is 4.79 Å². The summed E-state index contributed by atoms with van der Waals surface area (Å²) in [6, 6.07) is 15.6. The second kappa shape index (κ2) is 8.69. The predicted octanol–water partition coefficient (Wildman–Crippen LogP) is 3.98. The maximum atomic E-state index is 13.2. The Bertz CT molecular complexity index is 974. The maximum Gasteiger partial charge on any atom is 0.419 e. The SMILES string of the molecule is COc1ccc2c(c1)C(c1ccccc1)C(C)=[N+](CCNC(=O)OC(C)(C)C)C2=O. The minimum Gasteiger partial charge on any atom is -0.497 e. The molecule has 0 saturated heterocycles. The molecule has 0 fully saturated rings. The van der Waals surface area contributed by atoms with Crippen molar-refractivity contribution in [2.24, 2.45) is 0 Å². The van der Waals surface area contributed by atoms with Gasteiger partial charge in [0.25, 0.3) is 0 Å². The minimum atomic E-state index is -0.566. The minimum absolute atomic E-state index is 0.0736. The van der Waals surface area contributed by atoms with E-state index in [1.807, 2.05) is 58.0 Å². The molecule has 1 atom stereocenters. The molecule has 0 spiro atoms. The number of amides is 2. The molecule has 2 aromatic carbocycles. The van der Waals surface area contributed by atoms with Crippen LogP contribution in [-0.4, -0.2) is 48.1 Å². The molecule has 1 aliphatic rings. The van der Waals surface area contributed by atoms with Gasteiger partial charge in [-0.2, -0.15) is 4.58 Å². The fourth-order valence-corrected chi connectivity index (χ4v) is 3.72. The van der Waals surface area contributed by atoms with Crippen molar-refractivity contribution in [3.05, 3.63) is 65.2 Å². The molecule has 0 aliphatic carbocycles. The van der Waals surface area contributed by atoms with Gasteiger partial charge in [0.05, 0.1) is 25.1 Å². The van der Waals surface area contributed by atoms with Crippen molar-refractivity contribution in [3.8, 4) is 5.75 Å². The lowest BCUT2D eigenvalue weighted by atomic mass is 9.82. The van der Waals surface area contributed by atoms with E-state index in [2.05, 4.69) is 17.4 Å². The van der Waals surface area contributed by atoms with Crippen molar-refractivity contribution in [2.45, 2.75) is 39.2 Å². The molecular weight excluding hydrogens is 380 g/mol. The van der Waals surface area contributed by atoms with Crippen molar-refractivity contribution in [1.82, 2.24) is 5.32 Å². The highest BCUT2D eigenvalue weighted by molar-refractivity contribution is 6.03. The van der Waals surface area contributed by atoms with Crippen LogP contribution in [-0.2, 0) is 4.74 Å². The molecule has 1 heterocycles. The lowest BCUT2D eigenvalue weighted by molar-refractivity contribution is -0.430. The largest absolute Gasteiger partial charge is 0.497 e. The molecule has 2 amide bonds. The Kier molecular flexibility index (Phi) is 6.25. The number of alkyl carbamates (subject to hydrolysis) is 1. The van der Waals surface area contributed by atoms with E-state index < -0.39 is 11.7 Å². The van der Waals surface area contributed by atoms with Crippen LogP contribution < -0.4 is 10.1 Å². The van der Waals surface area contributed by atoms with Crippen LogP contribution in [0.3, 0.4) is 0 Å². The van der Waals surface area contributed by atoms with Gasteiger partial charge in [0.2, 0.25) is 0 Å². The highest BCUT2D eigenvalue weighted by Gasteiger charge is 2.39. The van der Waals surface area contributed by atoms with Gasteiger partial charge in [-0.1, -0.05) is 30.3 Å². The molecule has 30 heavy (non-hydrogen) atoms. The Morgan fingerprint density at radius 1 is 1.13 bits per heavy atom. The van der Waals surface area contributed by atoms with Gasteiger partial charge in [-0.15, -0.1) is 0 Å². The fourth-order valence-electron chi connectivity index (χ4n) is 3.72. The van der Waals surface area contributed by atoms with Crippen LogP contribution in [0.15, 0.2) is 48.5 Å². The fraction of sp³-hybridized carbons (Fsp3) is 0.375. The van der Waals surface area contributed by atoms with E-state index in [4.69, 9.17) is 9.47 Å². The molecule has 2 aromatic rings. The number of methoxy groups -OCH3 is 1. The zero-order valence-electron chi connectivity index (χ0n) is 18.2. The summed E-state index contributed by atoms with van der Waals surface area (Å²) in [6.45, 7) is 8.06. The lowest BCUT2D eigenvalue weighted by Gasteiger charge is -2.24. The first-order valence-corrected chi connectivity index (χ1v) is 10.1. The van der Waals surface area contributed by atoms with Crippen LogP contribution >= 0.6 is 0 Å². The van der Waals surface area contributed by atoms with Crippen LogP contribution in [0.5, 0.6) is 5.75 Å². The number of ether oxygens (including phenoxy) is 2. The van der Waals surface area contributed by atoms with E-state index in [9.17, 15) is 9.59 Å². The quantitative estimate of drug-likeness (QED) is 0.759. The summed E-state index contributed by atoms with van der Waals surface area (Å²) in [4.78, 5) is 25.2. The van der Waals surface area contributed by atoms with Crippen LogP contribution in [0.25, 0.3) is 0 Å². The first kappa shape index (κ1) is 21.6. The molecule has 0 saturated carbocycles. The number of nitrogens with zero attached hydrogens (tertiary/aromatic N) is 1. The Morgan fingerprint density at radius 2 is 1.83 bits per heavy atom. The average molecular weight is 410 g/mol. The van der Waals surface area contributed by atoms with Gasteiger partial charge in [-0.3, -0.25) is 0 Å². The van der Waals surface area contributed by atoms with Crippen molar-refractivity contribution >= 4 is 17.7 Å². The normalized spacial score (nSPS) is 16.2. The standard InChI is InChI=1S/C24H28N2O4/c1-16-21(17-9-7-6-8-10-17)20-15-18(29-5)11-12-19(20)22(27)26(16)14-13-25-23(28)30-24(2,3)4/h6-12,15,21H,13-14H2,1-5H3/p+1. The monoisotopic (exact) mass is 409 g/mol. The summed E-state index contributed by atoms with van der Waals surface area (Å²) >= 11 is 0. The number of carbonyl (C=O) groups excluding carboxylic acids is 2. The van der Waals surface area contributed by atoms with Gasteiger partial charge in [0.1, 0.15) is 11.4 Å². The summed E-state index contributed by atoms with van der Waals surface area (Å²) in [5.41, 5.74) is 3.02. The number of carbonyl (C=O) groups is 2. The molecule has 0 radical (unpaired) electrons. The number of fused-ring (bicyclic) bond motifs is 1. The van der Waals surface area contributed by atoms with E-state index in [1.54, 1.807) is 17.8 Å². The van der Waals surface area contributed by atoms with Gasteiger partial charge < -0.3 is 14.8 Å². The van der Waals surface area contributed by atoms with Gasteiger partial charge >= 0.3 is 12.0 Å². The van der Waals surface area contributed by atoms with Crippen LogP contribution in [0, 0.1) is 0 Å². The first-order valence-electron chi connectivity index (χ1n) is 10.1. The summed E-state index contributed by atoms with van der Waals surface area (Å²) < 4.78 is 12.4. The third kappa shape index (κ3) is 4.70. The van der Waals surface area contributed by atoms with Crippen molar-refractivity contribution in [3.63, 3.8) is 0 Å². The predicted molar refractivity (Wildman–Crippen MR) is 116 cm³/mol. The van der Waals surface area contributed by atoms with Crippen molar-refractivity contribution in [1.29, 1.82) is 0 Å². The smallest absolute Gasteiger partial charge is 0.419 e. The number of nitrogens with one attached hydrogen (secondary N) is 1. The molecule has 3 rings (SSSR count). The highest BCUT2D eigenvalue weighted by atomic mass is 16.6. The lowest BCUT2D eigenvalue weighted by Crippen LogP contribution is -2.41. The van der Waals surface area contributed by atoms with E-state index >= 15 is 0 Å². The van der Waals surface area contributed by atoms with Crippen molar-refractivity contribution < 1.29 is 23.6 Å². The molecule has 1 N–H and O–H groups in total. The van der Waals surface area contributed by atoms with Gasteiger partial charge in [0, 0.05) is 6.92 Å². The third-order valence-electron chi connectivity index (χ3n) is 5.03. The Balaban J connectivity index is 1.91. The van der Waals surface area contributed by atoms with E-state index in [-0.39, 0.29) is 11.8 Å². The summed E-state index contributed by atoms with van der Waals surface area (Å²) in [7, 11) is 1.62. The molecule has 1 aliphatic heterocycles. The number of rotatable bonds is 5. The second-order valence-corrected chi connectivity index (χ2v) is 8.32. The van der Waals surface area contributed by atoms with Gasteiger partial charge in [-0.05, 0) is 50.1 Å². The Hall–Kier alpha value is -3.15. The maximum absolute atomic E-state index is 13.2. The topological polar surface area (TPSA) is 67.6 Å². The average Bonchev–Trinajstić information content (AvgIpc) is 2.69. The Morgan fingerprint density at radius 3 is 2.47 bits per heavy atom. The van der Waals surface area contributed by atoms with Crippen LogP contribution in [0.1, 0.15) is 55.1 Å². The zero-order valence-corrected chi connectivity index (χ0v) is 18.2. The number of benzene rings is 2. The Labute approximate surface area is 177 Å². The van der Waals surface area contributed by atoms with Crippen molar-refractivity contribution in [2.75, 3.05) is 20.2 Å². The van der Waals surface area contributed by atoms with E-state index in [0.717, 1.165) is 22.6 Å². The number of hydrogen-bond acceptors (Lipinski definition) is 4. The van der Waals surface area contributed by atoms with E-state index in [0.29, 0.717) is 18.7 Å². The first-order chi connectivity index (χ1) is 14.2. The van der Waals surface area contributed by atoms with Gasteiger partial charge in [-0.25, -0.2) is 9.59 Å². The number of hydrogen-bond donors (Lipinski definition) is 1. The molecule has 6 heteroatoms. The molecule has 1 unspecified atom stereocenters. The molecule has 158 valence electrons. The molecule has 6 nitrogen and oxygen atoms in total. The third-order valence-corrected chi connectivity index (χ3v) is 5.03. The zero-order chi connectivity index (χ0) is 21.9. The molecule has 0 bridgehead atoms.